The number of amides is 1. The van der Waals surface area contributed by atoms with E-state index in [2.05, 4.69) is 26.1 Å². The molecule has 7 nitrogen and oxygen atoms in total. The van der Waals surface area contributed by atoms with E-state index in [1.807, 2.05) is 0 Å². The van der Waals surface area contributed by atoms with Crippen molar-refractivity contribution in [2.45, 2.75) is 226 Å². The van der Waals surface area contributed by atoms with Crippen LogP contribution in [-0.2, 0) is 23.9 Å². The molecule has 1 amide bonds. The first-order valence-corrected chi connectivity index (χ1v) is 23.3. The smallest absolute Gasteiger partial charge is 0.325 e. The van der Waals surface area contributed by atoms with Crippen molar-refractivity contribution in [3.8, 4) is 0 Å². The van der Waals surface area contributed by atoms with Crippen LogP contribution in [0, 0.1) is 11.8 Å². The van der Waals surface area contributed by atoms with E-state index in [4.69, 9.17) is 9.47 Å². The molecule has 1 saturated heterocycles. The molecular formula is C46H88N2O5. The number of nitrogens with zero attached hydrogens (tertiary/aromatic N) is 1. The Balaban J connectivity index is 2.33. The molecule has 312 valence electrons. The van der Waals surface area contributed by atoms with E-state index in [0.717, 1.165) is 64.5 Å². The summed E-state index contributed by atoms with van der Waals surface area (Å²) < 4.78 is 11.4. The summed E-state index contributed by atoms with van der Waals surface area (Å²) in [5, 5.41) is 3.38. The third-order valence-electron chi connectivity index (χ3n) is 11.3. The Morgan fingerprint density at radius 2 is 1.04 bits per heavy atom. The van der Waals surface area contributed by atoms with Crippen molar-refractivity contribution in [3.63, 3.8) is 0 Å². The summed E-state index contributed by atoms with van der Waals surface area (Å²) in [4.78, 5) is 40.5. The molecule has 1 aliphatic heterocycles. The van der Waals surface area contributed by atoms with Gasteiger partial charge in [-0.3, -0.25) is 14.4 Å². The van der Waals surface area contributed by atoms with Crippen LogP contribution in [0.25, 0.3) is 0 Å². The second-order valence-corrected chi connectivity index (χ2v) is 16.4. The predicted octanol–water partition coefficient (Wildman–Crippen LogP) is 12.3. The Morgan fingerprint density at radius 1 is 0.566 bits per heavy atom. The second kappa shape index (κ2) is 37.3. The Bertz CT molecular complexity index is 846. The van der Waals surface area contributed by atoms with E-state index < -0.39 is 0 Å². The molecule has 1 heterocycles. The number of piperidine rings is 1. The summed E-state index contributed by atoms with van der Waals surface area (Å²) in [6.07, 6.45) is 37.0. The number of hydrogen-bond acceptors (Lipinski definition) is 6. The van der Waals surface area contributed by atoms with Gasteiger partial charge in [-0.05, 0) is 69.9 Å². The Hall–Kier alpha value is -1.63. The van der Waals surface area contributed by atoms with Crippen LogP contribution in [0.1, 0.15) is 226 Å². The van der Waals surface area contributed by atoms with Gasteiger partial charge in [0, 0.05) is 19.4 Å². The maximum atomic E-state index is 13.3. The van der Waals surface area contributed by atoms with Crippen LogP contribution in [-0.4, -0.2) is 62.1 Å². The van der Waals surface area contributed by atoms with Gasteiger partial charge < -0.3 is 19.7 Å². The molecule has 1 unspecified atom stereocenters. The number of hydrogen-bond donors (Lipinski definition) is 1. The zero-order valence-electron chi connectivity index (χ0n) is 35.5. The zero-order chi connectivity index (χ0) is 38.5. The highest BCUT2D eigenvalue weighted by atomic mass is 16.5. The second-order valence-electron chi connectivity index (χ2n) is 16.4. The van der Waals surface area contributed by atoms with Crippen molar-refractivity contribution in [1.29, 1.82) is 0 Å². The van der Waals surface area contributed by atoms with Gasteiger partial charge in [0.2, 0.25) is 5.91 Å². The summed E-state index contributed by atoms with van der Waals surface area (Å²) in [6, 6.07) is 0. The third-order valence-corrected chi connectivity index (χ3v) is 11.3. The summed E-state index contributed by atoms with van der Waals surface area (Å²) in [5.74, 6) is 0.603. The lowest BCUT2D eigenvalue weighted by Crippen LogP contribution is -2.39. The van der Waals surface area contributed by atoms with E-state index in [-0.39, 0.29) is 24.4 Å². The lowest BCUT2D eigenvalue weighted by atomic mass is 9.94. The molecule has 0 aromatic carbocycles. The first-order valence-electron chi connectivity index (χ1n) is 23.3. The molecule has 0 saturated carbocycles. The van der Waals surface area contributed by atoms with Gasteiger partial charge in [0.05, 0.1) is 13.2 Å². The average Bonchev–Trinajstić information content (AvgIpc) is 3.16. The van der Waals surface area contributed by atoms with Crippen molar-refractivity contribution in [3.05, 3.63) is 0 Å². The maximum Gasteiger partial charge on any atom is 0.325 e. The number of rotatable bonds is 38. The van der Waals surface area contributed by atoms with E-state index in [1.54, 1.807) is 4.90 Å². The first-order chi connectivity index (χ1) is 26.0. The normalized spacial score (nSPS) is 13.9. The van der Waals surface area contributed by atoms with Crippen molar-refractivity contribution in [1.82, 2.24) is 10.2 Å². The van der Waals surface area contributed by atoms with Gasteiger partial charge in [-0.1, -0.05) is 168 Å². The first kappa shape index (κ1) is 49.4. The van der Waals surface area contributed by atoms with Gasteiger partial charge in [-0.25, -0.2) is 0 Å². The van der Waals surface area contributed by atoms with Crippen molar-refractivity contribution < 1.29 is 23.9 Å². The van der Waals surface area contributed by atoms with Gasteiger partial charge in [0.1, 0.15) is 6.54 Å². The van der Waals surface area contributed by atoms with Gasteiger partial charge in [-0.15, -0.1) is 0 Å². The number of esters is 2. The summed E-state index contributed by atoms with van der Waals surface area (Å²) >= 11 is 0. The van der Waals surface area contributed by atoms with Gasteiger partial charge >= 0.3 is 11.9 Å². The van der Waals surface area contributed by atoms with Crippen LogP contribution in [0.2, 0.25) is 0 Å². The number of unbranched alkanes of at least 4 members (excludes halogenated alkanes) is 22. The minimum Gasteiger partial charge on any atom is -0.465 e. The van der Waals surface area contributed by atoms with Crippen LogP contribution >= 0.6 is 0 Å². The van der Waals surface area contributed by atoms with Gasteiger partial charge in [0.25, 0.3) is 0 Å². The lowest BCUT2D eigenvalue weighted by molar-refractivity contribution is -0.150. The maximum absolute atomic E-state index is 13.3. The van der Waals surface area contributed by atoms with Crippen LogP contribution in [0.4, 0.5) is 0 Å². The van der Waals surface area contributed by atoms with E-state index in [0.29, 0.717) is 44.4 Å². The molecule has 1 rings (SSSR count). The molecule has 0 aromatic heterocycles. The molecule has 1 fully saturated rings. The average molecular weight is 749 g/mol. The number of carbonyl (C=O) groups excluding carboxylic acids is 3. The van der Waals surface area contributed by atoms with Crippen LogP contribution < -0.4 is 5.32 Å². The van der Waals surface area contributed by atoms with Crippen molar-refractivity contribution in [2.75, 3.05) is 39.4 Å². The number of ether oxygens (including phenoxy) is 2. The fourth-order valence-corrected chi connectivity index (χ4v) is 7.68. The van der Waals surface area contributed by atoms with E-state index in [1.165, 1.54) is 141 Å². The van der Waals surface area contributed by atoms with Crippen molar-refractivity contribution in [2.24, 2.45) is 11.8 Å². The standard InChI is InChI=1S/C46H88N2O5/c1-4-7-10-13-15-16-17-18-19-20-24-29-38-52-46(51)40-48(44(49)39-42-33-35-47-36-34-42)37-28-23-22-27-32-45(50)53-41-43(30-25-12-9-6-3)31-26-21-14-11-8-5-2/h42-43,47H,4-41H2,1-3H3. The molecule has 53 heavy (non-hydrogen) atoms. The van der Waals surface area contributed by atoms with E-state index >= 15 is 0 Å². The molecule has 1 N–H and O–H groups in total. The summed E-state index contributed by atoms with van der Waals surface area (Å²) in [5.41, 5.74) is 0. The summed E-state index contributed by atoms with van der Waals surface area (Å²) in [6.45, 7) is 10.3. The van der Waals surface area contributed by atoms with Crippen molar-refractivity contribution >= 4 is 17.8 Å². The third kappa shape index (κ3) is 31.3. The Kier molecular flexibility index (Phi) is 34.8. The van der Waals surface area contributed by atoms with Gasteiger partial charge in [-0.2, -0.15) is 0 Å². The Labute approximate surface area is 328 Å². The van der Waals surface area contributed by atoms with Crippen LogP contribution in [0.5, 0.6) is 0 Å². The summed E-state index contributed by atoms with van der Waals surface area (Å²) in [7, 11) is 0. The lowest BCUT2D eigenvalue weighted by Gasteiger charge is -2.27. The quantitative estimate of drug-likeness (QED) is 0.0500. The minimum absolute atomic E-state index is 0.0483. The molecule has 0 aromatic rings. The highest BCUT2D eigenvalue weighted by molar-refractivity contribution is 5.82. The monoisotopic (exact) mass is 749 g/mol. The molecule has 7 heteroatoms. The number of carbonyl (C=O) groups is 3. The zero-order valence-corrected chi connectivity index (χ0v) is 35.5. The molecule has 0 bridgehead atoms. The molecule has 0 spiro atoms. The van der Waals surface area contributed by atoms with Crippen LogP contribution in [0.15, 0.2) is 0 Å². The molecule has 1 atom stereocenters. The topological polar surface area (TPSA) is 84.9 Å². The minimum atomic E-state index is -0.283. The van der Waals surface area contributed by atoms with Gasteiger partial charge in [0.15, 0.2) is 0 Å². The highest BCUT2D eigenvalue weighted by Crippen LogP contribution is 2.21. The largest absolute Gasteiger partial charge is 0.465 e. The predicted molar refractivity (Wildman–Crippen MR) is 223 cm³/mol. The SMILES string of the molecule is CCCCCCCCCCCCCCOC(=O)CN(CCCCCCC(=O)OCC(CCCCCC)CCCCCCCC)C(=O)CC1CCNCC1. The Morgan fingerprint density at radius 3 is 1.60 bits per heavy atom. The van der Waals surface area contributed by atoms with E-state index in [9.17, 15) is 14.4 Å². The molecule has 0 aliphatic carbocycles. The highest BCUT2D eigenvalue weighted by Gasteiger charge is 2.23. The molecule has 1 aliphatic rings. The number of nitrogens with one attached hydrogen (secondary N) is 1. The fraction of sp³-hybridized carbons (Fsp3) is 0.935. The fourth-order valence-electron chi connectivity index (χ4n) is 7.68. The molecular weight excluding hydrogens is 661 g/mol. The molecule has 0 radical (unpaired) electrons. The van der Waals surface area contributed by atoms with Crippen LogP contribution in [0.3, 0.4) is 0 Å².